The Kier molecular flexibility index (Phi) is 6.91. The maximum Gasteiger partial charge on any atom is 0.300 e. The summed E-state index contributed by atoms with van der Waals surface area (Å²) in [4.78, 5) is 27.8. The highest BCUT2D eigenvalue weighted by Gasteiger charge is 2.47. The second kappa shape index (κ2) is 9.81. The average molecular weight is 506 g/mol. The Bertz CT molecular complexity index is 1420. The van der Waals surface area contributed by atoms with Crippen molar-refractivity contribution in [3.63, 3.8) is 0 Å². The second-order valence-corrected chi connectivity index (χ2v) is 10.0. The number of aliphatic hydroxyl groups is 1. The first-order valence-electron chi connectivity index (χ1n) is 12.0. The Morgan fingerprint density at radius 1 is 1.00 bits per heavy atom. The van der Waals surface area contributed by atoms with Gasteiger partial charge in [-0.2, -0.15) is 0 Å². The molecule has 1 heterocycles. The Labute approximate surface area is 215 Å². The first kappa shape index (κ1) is 26.1. The minimum absolute atomic E-state index is 0.00961. The number of amides is 1. The molecule has 0 radical (unpaired) electrons. The number of ketones is 1. The van der Waals surface area contributed by atoms with Crippen molar-refractivity contribution in [1.82, 2.24) is 0 Å². The van der Waals surface area contributed by atoms with E-state index in [4.69, 9.17) is 4.74 Å². The fourth-order valence-corrected chi connectivity index (χ4v) is 4.62. The summed E-state index contributed by atoms with van der Waals surface area (Å²) in [7, 11) is 0. The fraction of sp³-hybridized carbons (Fsp3) is 0.267. The van der Waals surface area contributed by atoms with Crippen LogP contribution in [0.25, 0.3) is 5.76 Å². The van der Waals surface area contributed by atoms with E-state index in [2.05, 4.69) is 0 Å². The van der Waals surface area contributed by atoms with Crippen molar-refractivity contribution >= 4 is 23.1 Å². The molecule has 5 nitrogen and oxygen atoms in total. The Balaban J connectivity index is 1.97. The Hall–Kier alpha value is -4.00. The molecule has 3 aromatic rings. The number of Topliss-reactive ketones (excluding diaryl/α,β-unsaturated/α-hetero) is 1. The zero-order valence-corrected chi connectivity index (χ0v) is 21.4. The first-order chi connectivity index (χ1) is 17.5. The van der Waals surface area contributed by atoms with Crippen LogP contribution in [-0.2, 0) is 15.0 Å². The van der Waals surface area contributed by atoms with Crippen LogP contribution >= 0.6 is 0 Å². The third-order valence-electron chi connectivity index (χ3n) is 6.47. The van der Waals surface area contributed by atoms with Crippen LogP contribution in [0.3, 0.4) is 0 Å². The highest BCUT2D eigenvalue weighted by molar-refractivity contribution is 6.51. The number of carbonyl (C=O) groups excluding carboxylic acids is 2. The van der Waals surface area contributed by atoms with Gasteiger partial charge in [-0.25, -0.2) is 8.78 Å². The third-order valence-corrected chi connectivity index (χ3v) is 6.47. The molecular weight excluding hydrogens is 476 g/mol. The predicted molar refractivity (Wildman–Crippen MR) is 139 cm³/mol. The van der Waals surface area contributed by atoms with Crippen molar-refractivity contribution in [3.8, 4) is 5.75 Å². The molecule has 1 unspecified atom stereocenters. The fourth-order valence-electron chi connectivity index (χ4n) is 4.62. The van der Waals surface area contributed by atoms with E-state index in [-0.39, 0.29) is 22.4 Å². The van der Waals surface area contributed by atoms with Gasteiger partial charge >= 0.3 is 0 Å². The summed E-state index contributed by atoms with van der Waals surface area (Å²) in [5.41, 5.74) is 2.04. The van der Waals surface area contributed by atoms with Crippen molar-refractivity contribution in [2.45, 2.75) is 46.1 Å². The molecular formula is C30H29F2NO4. The molecule has 1 aliphatic rings. The molecule has 192 valence electrons. The summed E-state index contributed by atoms with van der Waals surface area (Å²) in [5, 5.41) is 11.5. The topological polar surface area (TPSA) is 66.8 Å². The summed E-state index contributed by atoms with van der Waals surface area (Å²) in [6.45, 7) is 10.2. The van der Waals surface area contributed by atoms with Gasteiger partial charge in [0.2, 0.25) is 0 Å². The number of halogens is 2. The van der Waals surface area contributed by atoms with Gasteiger partial charge in [-0.3, -0.25) is 14.5 Å². The number of hydrogen-bond donors (Lipinski definition) is 1. The standard InChI is InChI=1S/C30H29F2NO4/c1-6-37-24-14-11-18(15-21(24)30(3,4)5)27(34)25-26(20-10-8-7-9-17(20)2)33(29(36)28(25)35)19-12-13-22(31)23(32)16-19/h7-16,26,34H,6H2,1-5H3/b27-25+. The van der Waals surface area contributed by atoms with Gasteiger partial charge in [0.05, 0.1) is 18.2 Å². The Morgan fingerprint density at radius 2 is 1.70 bits per heavy atom. The van der Waals surface area contributed by atoms with Crippen LogP contribution in [-0.4, -0.2) is 23.4 Å². The van der Waals surface area contributed by atoms with Crippen molar-refractivity contribution in [2.75, 3.05) is 11.5 Å². The monoisotopic (exact) mass is 505 g/mol. The number of rotatable bonds is 5. The summed E-state index contributed by atoms with van der Waals surface area (Å²) < 4.78 is 33.6. The molecule has 0 aliphatic carbocycles. The summed E-state index contributed by atoms with van der Waals surface area (Å²) in [5.74, 6) is -3.78. The van der Waals surface area contributed by atoms with Crippen molar-refractivity contribution in [3.05, 3.63) is 100 Å². The van der Waals surface area contributed by atoms with Gasteiger partial charge in [0, 0.05) is 22.9 Å². The molecule has 0 saturated carbocycles. The minimum atomic E-state index is -1.15. The predicted octanol–water partition coefficient (Wildman–Crippen LogP) is 6.60. The number of aryl methyl sites for hydroxylation is 1. The third kappa shape index (κ3) is 4.73. The van der Waals surface area contributed by atoms with Gasteiger partial charge in [-0.15, -0.1) is 0 Å². The number of ether oxygens (including phenoxy) is 1. The molecule has 1 fully saturated rings. The van der Waals surface area contributed by atoms with E-state index in [0.717, 1.165) is 28.2 Å². The molecule has 1 atom stereocenters. The number of anilines is 1. The lowest BCUT2D eigenvalue weighted by molar-refractivity contribution is -0.132. The van der Waals surface area contributed by atoms with Crippen molar-refractivity contribution in [2.24, 2.45) is 0 Å². The maximum absolute atomic E-state index is 14.2. The van der Waals surface area contributed by atoms with E-state index in [1.807, 2.05) is 46.8 Å². The van der Waals surface area contributed by atoms with Gasteiger partial charge in [-0.05, 0) is 60.7 Å². The number of aliphatic hydroxyl groups excluding tert-OH is 1. The highest BCUT2D eigenvalue weighted by Crippen LogP contribution is 2.44. The van der Waals surface area contributed by atoms with Crippen LogP contribution in [0, 0.1) is 18.6 Å². The van der Waals surface area contributed by atoms with Crippen molar-refractivity contribution in [1.29, 1.82) is 0 Å². The molecule has 4 rings (SSSR count). The normalized spacial score (nSPS) is 17.4. The molecule has 1 aliphatic heterocycles. The number of carbonyl (C=O) groups is 2. The van der Waals surface area contributed by atoms with E-state index < -0.39 is 29.4 Å². The number of hydrogen-bond acceptors (Lipinski definition) is 4. The van der Waals surface area contributed by atoms with E-state index in [1.54, 1.807) is 30.3 Å². The van der Waals surface area contributed by atoms with Gasteiger partial charge in [0.25, 0.3) is 11.7 Å². The lowest BCUT2D eigenvalue weighted by atomic mass is 9.84. The number of benzene rings is 3. The van der Waals surface area contributed by atoms with E-state index >= 15 is 0 Å². The smallest absolute Gasteiger partial charge is 0.300 e. The van der Waals surface area contributed by atoms with Crippen molar-refractivity contribution < 1.29 is 28.2 Å². The molecule has 7 heteroatoms. The lowest BCUT2D eigenvalue weighted by Crippen LogP contribution is -2.30. The second-order valence-electron chi connectivity index (χ2n) is 10.0. The van der Waals surface area contributed by atoms with Crippen LogP contribution in [0.2, 0.25) is 0 Å². The van der Waals surface area contributed by atoms with Crippen LogP contribution in [0.1, 0.15) is 56.0 Å². The highest BCUT2D eigenvalue weighted by atomic mass is 19.2. The molecule has 0 bridgehead atoms. The SMILES string of the molecule is CCOc1ccc(/C(O)=C2\C(=O)C(=O)N(c3ccc(F)c(F)c3)C2c2ccccc2C)cc1C(C)(C)C. The van der Waals surface area contributed by atoms with Crippen LogP contribution in [0.5, 0.6) is 5.75 Å². The van der Waals surface area contributed by atoms with E-state index in [9.17, 15) is 23.5 Å². The Morgan fingerprint density at radius 3 is 2.32 bits per heavy atom. The van der Waals surface area contributed by atoms with Crippen LogP contribution < -0.4 is 9.64 Å². The molecule has 1 N–H and O–H groups in total. The summed E-state index contributed by atoms with van der Waals surface area (Å²) in [6.07, 6.45) is 0. The van der Waals surface area contributed by atoms with Gasteiger partial charge in [-0.1, -0.05) is 45.0 Å². The van der Waals surface area contributed by atoms with Gasteiger partial charge < -0.3 is 9.84 Å². The van der Waals surface area contributed by atoms with Crippen LogP contribution in [0.15, 0.2) is 66.2 Å². The maximum atomic E-state index is 14.2. The largest absolute Gasteiger partial charge is 0.507 e. The zero-order valence-electron chi connectivity index (χ0n) is 21.4. The van der Waals surface area contributed by atoms with Gasteiger partial charge in [0.1, 0.15) is 11.5 Å². The number of nitrogens with zero attached hydrogens (tertiary/aromatic N) is 1. The molecule has 3 aromatic carbocycles. The van der Waals surface area contributed by atoms with Gasteiger partial charge in [0.15, 0.2) is 11.6 Å². The average Bonchev–Trinajstić information content (AvgIpc) is 3.10. The van der Waals surface area contributed by atoms with Crippen LogP contribution in [0.4, 0.5) is 14.5 Å². The lowest BCUT2D eigenvalue weighted by Gasteiger charge is -2.27. The molecule has 0 spiro atoms. The first-order valence-corrected chi connectivity index (χ1v) is 12.0. The molecule has 0 aromatic heterocycles. The van der Waals surface area contributed by atoms with E-state index in [0.29, 0.717) is 23.5 Å². The molecule has 1 amide bonds. The van der Waals surface area contributed by atoms with E-state index in [1.165, 1.54) is 6.07 Å². The zero-order chi connectivity index (χ0) is 27.1. The quantitative estimate of drug-likeness (QED) is 0.241. The molecule has 37 heavy (non-hydrogen) atoms. The minimum Gasteiger partial charge on any atom is -0.507 e. The summed E-state index contributed by atoms with van der Waals surface area (Å²) in [6, 6.07) is 14.2. The summed E-state index contributed by atoms with van der Waals surface area (Å²) >= 11 is 0. The molecule has 1 saturated heterocycles.